The minimum absolute atomic E-state index is 0.0686. The van der Waals surface area contributed by atoms with E-state index in [1.54, 1.807) is 12.1 Å². The summed E-state index contributed by atoms with van der Waals surface area (Å²) >= 11 is 0. The molecule has 0 spiro atoms. The van der Waals surface area contributed by atoms with Crippen LogP contribution in [0.2, 0.25) is 0 Å². The van der Waals surface area contributed by atoms with E-state index in [9.17, 15) is 13.2 Å². The maximum absolute atomic E-state index is 13.3. The molecule has 2 aromatic rings. The fourth-order valence-electron chi connectivity index (χ4n) is 2.62. The highest BCUT2D eigenvalue weighted by Crippen LogP contribution is 2.29. The first-order chi connectivity index (χ1) is 13.1. The molecular weight excluding hydrogens is 382 g/mol. The molecule has 0 radical (unpaired) electrons. The van der Waals surface area contributed by atoms with Gasteiger partial charge >= 0.3 is 0 Å². The van der Waals surface area contributed by atoms with Crippen LogP contribution in [0.5, 0.6) is 5.75 Å². The zero-order valence-electron chi connectivity index (χ0n) is 16.9. The molecule has 8 nitrogen and oxygen atoms in total. The van der Waals surface area contributed by atoms with Crippen molar-refractivity contribution >= 4 is 21.6 Å². The van der Waals surface area contributed by atoms with E-state index in [1.165, 1.54) is 36.5 Å². The predicted octanol–water partition coefficient (Wildman–Crippen LogP) is 2.31. The monoisotopic (exact) mass is 409 g/mol. The molecule has 1 aromatic heterocycles. The summed E-state index contributed by atoms with van der Waals surface area (Å²) in [4.78, 5) is 13.4. The number of amides is 1. The Hall–Kier alpha value is -2.36. The van der Waals surface area contributed by atoms with Crippen molar-refractivity contribution in [2.45, 2.75) is 25.3 Å². The van der Waals surface area contributed by atoms with E-state index in [1.807, 2.05) is 25.9 Å². The number of carbonyl (C=O) groups is 1. The van der Waals surface area contributed by atoms with Crippen LogP contribution in [0.3, 0.4) is 0 Å². The van der Waals surface area contributed by atoms with Crippen molar-refractivity contribution in [2.24, 2.45) is 0 Å². The number of aryl methyl sites for hydroxylation is 1. The van der Waals surface area contributed by atoms with Crippen LogP contribution < -0.4 is 10.1 Å². The van der Waals surface area contributed by atoms with E-state index < -0.39 is 10.0 Å². The van der Waals surface area contributed by atoms with Gasteiger partial charge in [0.1, 0.15) is 17.3 Å². The molecule has 0 atom stereocenters. The second-order valence-electron chi connectivity index (χ2n) is 6.70. The number of ether oxygens (including phenoxy) is 1. The number of sulfonamides is 1. The zero-order chi connectivity index (χ0) is 20.9. The minimum Gasteiger partial charge on any atom is -0.495 e. The minimum atomic E-state index is -3.83. The summed E-state index contributed by atoms with van der Waals surface area (Å²) in [6.07, 6.45) is 0. The van der Waals surface area contributed by atoms with E-state index in [2.05, 4.69) is 5.32 Å². The van der Waals surface area contributed by atoms with Gasteiger partial charge in [-0.05, 0) is 51.4 Å². The number of rotatable bonds is 9. The SMILES string of the molecule is COc1ccc(S(=O)(=O)N(CCN(C)C)Cc2ccc(C)o2)cc1NC(C)=O. The topological polar surface area (TPSA) is 92.1 Å². The highest BCUT2D eigenvalue weighted by molar-refractivity contribution is 7.89. The normalized spacial score (nSPS) is 11.8. The van der Waals surface area contributed by atoms with Crippen LogP contribution in [0.15, 0.2) is 39.6 Å². The van der Waals surface area contributed by atoms with Gasteiger partial charge in [0.05, 0.1) is 24.2 Å². The maximum atomic E-state index is 13.3. The highest BCUT2D eigenvalue weighted by Gasteiger charge is 2.27. The summed E-state index contributed by atoms with van der Waals surface area (Å²) < 4.78 is 38.8. The third-order valence-electron chi connectivity index (χ3n) is 4.04. The van der Waals surface area contributed by atoms with Crippen molar-refractivity contribution in [1.82, 2.24) is 9.21 Å². The van der Waals surface area contributed by atoms with Crippen LogP contribution in [0, 0.1) is 6.92 Å². The molecule has 9 heteroatoms. The van der Waals surface area contributed by atoms with Crippen molar-refractivity contribution in [1.29, 1.82) is 0 Å². The standard InChI is InChI=1S/C19H27N3O5S/c1-14-6-7-16(27-14)13-22(11-10-21(3)4)28(24,25)17-8-9-19(26-5)18(12-17)20-15(2)23/h6-9,12H,10-11,13H2,1-5H3,(H,20,23). The molecule has 154 valence electrons. The molecule has 0 aliphatic carbocycles. The molecule has 1 aromatic carbocycles. The molecule has 1 heterocycles. The lowest BCUT2D eigenvalue weighted by atomic mass is 10.3. The Morgan fingerprint density at radius 3 is 2.43 bits per heavy atom. The van der Waals surface area contributed by atoms with Gasteiger partial charge in [-0.1, -0.05) is 0 Å². The third kappa shape index (κ3) is 5.57. The number of benzene rings is 1. The molecule has 28 heavy (non-hydrogen) atoms. The van der Waals surface area contributed by atoms with Crippen molar-refractivity contribution in [2.75, 3.05) is 39.6 Å². The number of furan rings is 1. The molecule has 0 fully saturated rings. The molecule has 1 N–H and O–H groups in total. The lowest BCUT2D eigenvalue weighted by molar-refractivity contribution is -0.114. The van der Waals surface area contributed by atoms with Crippen LogP contribution >= 0.6 is 0 Å². The van der Waals surface area contributed by atoms with Crippen LogP contribution in [-0.2, 0) is 21.4 Å². The number of nitrogens with zero attached hydrogens (tertiary/aromatic N) is 2. The van der Waals surface area contributed by atoms with Gasteiger partial charge in [0.15, 0.2) is 0 Å². The van der Waals surface area contributed by atoms with Gasteiger partial charge in [-0.25, -0.2) is 8.42 Å². The molecular formula is C19H27N3O5S. The fourth-order valence-corrected chi connectivity index (χ4v) is 4.05. The van der Waals surface area contributed by atoms with Crippen molar-refractivity contribution in [3.63, 3.8) is 0 Å². The summed E-state index contributed by atoms with van der Waals surface area (Å²) in [5.41, 5.74) is 0.303. The van der Waals surface area contributed by atoms with Gasteiger partial charge in [0.2, 0.25) is 15.9 Å². The van der Waals surface area contributed by atoms with Crippen LogP contribution in [0.1, 0.15) is 18.4 Å². The van der Waals surface area contributed by atoms with Crippen molar-refractivity contribution < 1.29 is 22.4 Å². The van der Waals surface area contributed by atoms with Crippen molar-refractivity contribution in [3.05, 3.63) is 41.9 Å². The number of nitrogens with one attached hydrogen (secondary N) is 1. The fraction of sp³-hybridized carbons (Fsp3) is 0.421. The summed E-state index contributed by atoms with van der Waals surface area (Å²) in [7, 11) is 1.38. The molecule has 1 amide bonds. The molecule has 2 rings (SSSR count). The summed E-state index contributed by atoms with van der Waals surface area (Å²) in [6.45, 7) is 4.12. The quantitative estimate of drug-likeness (QED) is 0.683. The maximum Gasteiger partial charge on any atom is 0.243 e. The first kappa shape index (κ1) is 21.9. The van der Waals surface area contributed by atoms with Crippen LogP contribution in [0.4, 0.5) is 5.69 Å². The molecule has 0 saturated heterocycles. The average Bonchev–Trinajstić information content (AvgIpc) is 3.02. The Labute approximate surface area is 166 Å². The molecule has 0 bridgehead atoms. The number of likely N-dealkylation sites (N-methyl/N-ethyl adjacent to an activating group) is 1. The van der Waals surface area contributed by atoms with Gasteiger partial charge < -0.3 is 19.4 Å². The largest absolute Gasteiger partial charge is 0.495 e. The number of methoxy groups -OCH3 is 1. The van der Waals surface area contributed by atoms with E-state index in [0.717, 1.165) is 5.76 Å². The summed E-state index contributed by atoms with van der Waals surface area (Å²) in [5.74, 6) is 1.35. The highest BCUT2D eigenvalue weighted by atomic mass is 32.2. The number of carbonyl (C=O) groups excluding carboxylic acids is 1. The zero-order valence-corrected chi connectivity index (χ0v) is 17.7. The number of hydrogen-bond acceptors (Lipinski definition) is 6. The van der Waals surface area contributed by atoms with E-state index in [-0.39, 0.29) is 23.9 Å². The molecule has 0 aliphatic rings. The Kier molecular flexibility index (Phi) is 7.22. The number of anilines is 1. The molecule has 0 unspecified atom stereocenters. The second-order valence-corrected chi connectivity index (χ2v) is 8.64. The van der Waals surface area contributed by atoms with Gasteiger partial charge in [-0.3, -0.25) is 4.79 Å². The second kappa shape index (κ2) is 9.22. The Bertz CT molecular complexity index is 921. The van der Waals surface area contributed by atoms with E-state index >= 15 is 0 Å². The van der Waals surface area contributed by atoms with E-state index in [0.29, 0.717) is 23.7 Å². The smallest absolute Gasteiger partial charge is 0.243 e. The lowest BCUT2D eigenvalue weighted by Crippen LogP contribution is -2.36. The summed E-state index contributed by atoms with van der Waals surface area (Å²) in [6, 6.07) is 7.97. The Balaban J connectivity index is 2.40. The van der Waals surface area contributed by atoms with Gasteiger partial charge in [0.25, 0.3) is 0 Å². The lowest BCUT2D eigenvalue weighted by Gasteiger charge is -2.23. The first-order valence-corrected chi connectivity index (χ1v) is 10.2. The summed E-state index contributed by atoms with van der Waals surface area (Å²) in [5, 5.41) is 2.61. The third-order valence-corrected chi connectivity index (χ3v) is 5.89. The number of hydrogen-bond donors (Lipinski definition) is 1. The molecule has 0 saturated carbocycles. The van der Waals surface area contributed by atoms with Crippen molar-refractivity contribution in [3.8, 4) is 5.75 Å². The van der Waals surface area contributed by atoms with Crippen LogP contribution in [0.25, 0.3) is 0 Å². The Morgan fingerprint density at radius 2 is 1.89 bits per heavy atom. The van der Waals surface area contributed by atoms with E-state index in [4.69, 9.17) is 9.15 Å². The van der Waals surface area contributed by atoms with Gasteiger partial charge in [-0.15, -0.1) is 0 Å². The molecule has 0 aliphatic heterocycles. The van der Waals surface area contributed by atoms with Gasteiger partial charge in [0, 0.05) is 20.0 Å². The predicted molar refractivity (Wildman–Crippen MR) is 107 cm³/mol. The van der Waals surface area contributed by atoms with Crippen LogP contribution in [-0.4, -0.2) is 57.8 Å². The average molecular weight is 410 g/mol. The first-order valence-electron chi connectivity index (χ1n) is 8.79. The Morgan fingerprint density at radius 1 is 1.18 bits per heavy atom. The van der Waals surface area contributed by atoms with Gasteiger partial charge in [-0.2, -0.15) is 4.31 Å².